The number of hydrogen-bond donors (Lipinski definition) is 0. The minimum Gasteiger partial charge on any atom is -0.632 e. The Morgan fingerprint density at radius 3 is 2.68 bits per heavy atom. The zero-order valence-corrected chi connectivity index (χ0v) is 22.1. The smallest absolute Gasteiger partial charge is 0.102 e. The molecule has 2 aromatic carbocycles. The number of morpholine rings is 1. The van der Waals surface area contributed by atoms with Gasteiger partial charge in [0.25, 0.3) is 0 Å². The third-order valence-corrected chi connectivity index (χ3v) is 11.7. The van der Waals surface area contributed by atoms with Crippen LogP contribution in [0, 0.1) is 16.5 Å². The lowest BCUT2D eigenvalue weighted by Crippen LogP contribution is -2.61. The van der Waals surface area contributed by atoms with Crippen molar-refractivity contribution >= 4 is 10.8 Å². The summed E-state index contributed by atoms with van der Waals surface area (Å²) in [6.45, 7) is 4.96. The molecule has 2 bridgehead atoms. The molecule has 2 spiro atoms. The molecule has 6 aliphatic rings. The molecule has 37 heavy (non-hydrogen) atoms. The zero-order chi connectivity index (χ0) is 24.9. The number of hydrogen-bond acceptors (Lipinski definition) is 3. The van der Waals surface area contributed by atoms with Gasteiger partial charge in [0, 0.05) is 12.8 Å². The van der Waals surface area contributed by atoms with Crippen LogP contribution in [0.3, 0.4) is 0 Å². The van der Waals surface area contributed by atoms with Crippen LogP contribution >= 0.6 is 0 Å². The number of rotatable bonds is 2. The standard InChI is InChI=1S/C33H39NO3/c1-31-13-12-27-21-26-8-9-28(34(35)16-18-36-19-17-34)22-32(26)14-15-33(27,37-32)30(31)11-10-29(31)25-7-6-23-4-2-3-5-24(23)20-25/h2-7,12,20-21,28-30H,8-11,13-19,22H2,1H3/t28-,29+,30+,31+,32+,33?/m0/s1. The molecule has 1 unspecified atom stereocenters. The number of ether oxygens (including phenoxy) is 2. The van der Waals surface area contributed by atoms with Gasteiger partial charge in [0.05, 0.1) is 30.5 Å². The number of nitrogens with zero attached hydrogens (tertiary/aromatic N) is 1. The highest BCUT2D eigenvalue weighted by atomic mass is 16.6. The molecule has 0 radical (unpaired) electrons. The molecule has 194 valence electrons. The van der Waals surface area contributed by atoms with Gasteiger partial charge in [-0.2, -0.15) is 0 Å². The number of allylic oxidation sites excluding steroid dienone is 1. The summed E-state index contributed by atoms with van der Waals surface area (Å²) in [5.74, 6) is 1.09. The average Bonchev–Trinajstić information content (AvgIpc) is 3.43. The van der Waals surface area contributed by atoms with Crippen molar-refractivity contribution in [3.63, 3.8) is 0 Å². The van der Waals surface area contributed by atoms with Gasteiger partial charge in [-0.1, -0.05) is 61.5 Å². The lowest BCUT2D eigenvalue weighted by atomic mass is 9.58. The second kappa shape index (κ2) is 7.79. The molecule has 4 fully saturated rings. The Balaban J connectivity index is 1.14. The van der Waals surface area contributed by atoms with Crippen molar-refractivity contribution in [3.8, 4) is 0 Å². The summed E-state index contributed by atoms with van der Waals surface area (Å²) in [4.78, 5) is 0. The van der Waals surface area contributed by atoms with Crippen LogP contribution in [0.2, 0.25) is 0 Å². The van der Waals surface area contributed by atoms with Gasteiger partial charge in [-0.05, 0) is 83.3 Å². The molecule has 2 saturated carbocycles. The maximum Gasteiger partial charge on any atom is 0.102 e. The van der Waals surface area contributed by atoms with Crippen molar-refractivity contribution in [3.05, 3.63) is 76.5 Å². The molecule has 8 rings (SSSR count). The fraction of sp³-hybridized carbons (Fsp3) is 0.576. The first-order valence-electron chi connectivity index (χ1n) is 14.7. The quantitative estimate of drug-likeness (QED) is 0.339. The van der Waals surface area contributed by atoms with Gasteiger partial charge in [0.1, 0.15) is 13.1 Å². The Morgan fingerprint density at radius 1 is 0.973 bits per heavy atom. The monoisotopic (exact) mass is 497 g/mol. The topological polar surface area (TPSA) is 41.5 Å². The van der Waals surface area contributed by atoms with E-state index in [9.17, 15) is 5.21 Å². The van der Waals surface area contributed by atoms with E-state index >= 15 is 0 Å². The summed E-state index contributed by atoms with van der Waals surface area (Å²) in [5.41, 5.74) is 4.27. The summed E-state index contributed by atoms with van der Waals surface area (Å²) >= 11 is 0. The number of fused-ring (bicyclic) bond motifs is 2. The first-order chi connectivity index (χ1) is 17.9. The predicted octanol–water partition coefficient (Wildman–Crippen LogP) is 6.80. The Hall–Kier alpha value is -1.98. The molecule has 2 saturated heterocycles. The van der Waals surface area contributed by atoms with Crippen molar-refractivity contribution in [1.29, 1.82) is 0 Å². The van der Waals surface area contributed by atoms with E-state index in [2.05, 4.69) is 61.5 Å². The van der Waals surface area contributed by atoms with E-state index in [0.29, 0.717) is 38.1 Å². The molecular weight excluding hydrogens is 458 g/mol. The first kappa shape index (κ1) is 23.0. The number of quaternary nitrogens is 1. The van der Waals surface area contributed by atoms with Gasteiger partial charge in [-0.15, -0.1) is 0 Å². The van der Waals surface area contributed by atoms with E-state index in [4.69, 9.17) is 9.47 Å². The van der Waals surface area contributed by atoms with Gasteiger partial charge in [-0.3, -0.25) is 0 Å². The van der Waals surface area contributed by atoms with Gasteiger partial charge in [-0.25, -0.2) is 0 Å². The summed E-state index contributed by atoms with van der Waals surface area (Å²) in [6, 6.07) is 16.0. The molecule has 3 aliphatic heterocycles. The van der Waals surface area contributed by atoms with E-state index in [1.165, 1.54) is 40.3 Å². The van der Waals surface area contributed by atoms with Crippen LogP contribution in [0.25, 0.3) is 10.8 Å². The van der Waals surface area contributed by atoms with Crippen LogP contribution in [-0.2, 0) is 9.47 Å². The molecule has 4 nitrogen and oxygen atoms in total. The molecule has 3 aliphatic carbocycles. The van der Waals surface area contributed by atoms with Crippen molar-refractivity contribution in [2.75, 3.05) is 26.3 Å². The summed E-state index contributed by atoms with van der Waals surface area (Å²) in [5, 5.41) is 16.5. The van der Waals surface area contributed by atoms with Crippen molar-refractivity contribution in [1.82, 2.24) is 0 Å². The van der Waals surface area contributed by atoms with Crippen LogP contribution < -0.4 is 0 Å². The fourth-order valence-electron chi connectivity index (χ4n) is 9.77. The third-order valence-electron chi connectivity index (χ3n) is 11.7. The molecular formula is C33H39NO3. The van der Waals surface area contributed by atoms with Crippen molar-refractivity contribution in [2.24, 2.45) is 11.3 Å². The van der Waals surface area contributed by atoms with Crippen LogP contribution in [0.15, 0.2) is 65.8 Å². The van der Waals surface area contributed by atoms with E-state index in [1.54, 1.807) is 0 Å². The number of benzene rings is 2. The second-order valence-electron chi connectivity index (χ2n) is 13.2. The van der Waals surface area contributed by atoms with Crippen molar-refractivity contribution in [2.45, 2.75) is 81.5 Å². The zero-order valence-electron chi connectivity index (χ0n) is 22.1. The Morgan fingerprint density at radius 2 is 1.81 bits per heavy atom. The van der Waals surface area contributed by atoms with Gasteiger partial charge < -0.3 is 19.3 Å². The minimum atomic E-state index is -0.215. The first-order valence-corrected chi connectivity index (χ1v) is 14.7. The molecule has 0 N–H and O–H groups in total. The van der Waals surface area contributed by atoms with Crippen LogP contribution in [0.1, 0.15) is 69.8 Å². The highest BCUT2D eigenvalue weighted by Gasteiger charge is 2.67. The van der Waals surface area contributed by atoms with Crippen LogP contribution in [0.5, 0.6) is 0 Å². The lowest BCUT2D eigenvalue weighted by Gasteiger charge is -2.57. The van der Waals surface area contributed by atoms with E-state index in [1.807, 2.05) is 0 Å². The normalized spacial score (nSPS) is 41.9. The molecule has 3 heterocycles. The van der Waals surface area contributed by atoms with Crippen LogP contribution in [0.4, 0.5) is 0 Å². The summed E-state index contributed by atoms with van der Waals surface area (Å²) < 4.78 is 12.9. The highest BCUT2D eigenvalue weighted by Crippen LogP contribution is 2.69. The largest absolute Gasteiger partial charge is 0.632 e. The van der Waals surface area contributed by atoms with E-state index < -0.39 is 0 Å². The second-order valence-corrected chi connectivity index (χ2v) is 13.2. The van der Waals surface area contributed by atoms with E-state index in [0.717, 1.165) is 38.5 Å². The third kappa shape index (κ3) is 3.10. The summed E-state index contributed by atoms with van der Waals surface area (Å²) in [7, 11) is 0. The summed E-state index contributed by atoms with van der Waals surface area (Å²) in [6.07, 6.45) is 13.8. The highest BCUT2D eigenvalue weighted by molar-refractivity contribution is 5.83. The lowest BCUT2D eigenvalue weighted by molar-refractivity contribution is -0.914. The van der Waals surface area contributed by atoms with E-state index in [-0.39, 0.29) is 27.3 Å². The molecule has 0 amide bonds. The molecule has 4 heteroatoms. The minimum absolute atomic E-state index is 0.0702. The van der Waals surface area contributed by atoms with Gasteiger partial charge >= 0.3 is 0 Å². The Labute approximate surface area is 220 Å². The van der Waals surface area contributed by atoms with Gasteiger partial charge in [0.15, 0.2) is 0 Å². The predicted molar refractivity (Wildman–Crippen MR) is 146 cm³/mol. The molecule has 0 aromatic heterocycles. The Bertz CT molecular complexity index is 1320. The average molecular weight is 498 g/mol. The Kier molecular flexibility index (Phi) is 4.83. The van der Waals surface area contributed by atoms with Crippen molar-refractivity contribution < 1.29 is 14.1 Å². The maximum atomic E-state index is 13.8. The van der Waals surface area contributed by atoms with Crippen LogP contribution in [-0.4, -0.2) is 48.2 Å². The SMILES string of the molecule is C[C@]12CC=C3C=C4CC[C@H]([N+]5([O-])CCOCC5)C[C@]45CCC3(O5)[C@@H]1CC[C@@H]2c1ccc2ccccc2c1. The maximum absolute atomic E-state index is 13.8. The van der Waals surface area contributed by atoms with Gasteiger partial charge in [0.2, 0.25) is 0 Å². The number of hydroxylamine groups is 3. The fourth-order valence-corrected chi connectivity index (χ4v) is 9.77. The molecule has 2 aromatic rings. The molecule has 6 atom stereocenters.